The predicted octanol–water partition coefficient (Wildman–Crippen LogP) is 3.54. The minimum Gasteiger partial charge on any atom is -0.496 e. The summed E-state index contributed by atoms with van der Waals surface area (Å²) >= 11 is 0. The summed E-state index contributed by atoms with van der Waals surface area (Å²) in [5, 5.41) is 6.05. The first-order chi connectivity index (χ1) is 14.7. The number of nitrogens with one attached hydrogen (secondary N) is 2. The van der Waals surface area contributed by atoms with Crippen molar-refractivity contribution in [3.8, 4) is 5.75 Å². The van der Waals surface area contributed by atoms with Crippen LogP contribution in [0.1, 0.15) is 53.2 Å². The van der Waals surface area contributed by atoms with E-state index in [9.17, 15) is 9.59 Å². The zero-order valence-electron chi connectivity index (χ0n) is 17.4. The van der Waals surface area contributed by atoms with Gasteiger partial charge in [0.25, 0.3) is 5.91 Å². The van der Waals surface area contributed by atoms with Crippen molar-refractivity contribution in [2.24, 2.45) is 0 Å². The Labute approximate surface area is 177 Å². The molecule has 2 aliphatic heterocycles. The van der Waals surface area contributed by atoms with Gasteiger partial charge < -0.3 is 15.4 Å². The van der Waals surface area contributed by atoms with Crippen molar-refractivity contribution in [2.45, 2.75) is 38.1 Å². The molecule has 2 heterocycles. The lowest BCUT2D eigenvalue weighted by Gasteiger charge is -2.29. The molecule has 6 nitrogen and oxygen atoms in total. The molecule has 2 amide bonds. The van der Waals surface area contributed by atoms with Crippen molar-refractivity contribution < 1.29 is 14.3 Å². The molecule has 4 rings (SSSR count). The van der Waals surface area contributed by atoms with Crippen molar-refractivity contribution in [3.63, 3.8) is 0 Å². The summed E-state index contributed by atoms with van der Waals surface area (Å²) in [6.45, 7) is 2.57. The molecule has 1 atom stereocenters. The molecule has 0 spiro atoms. The fraction of sp³-hybridized carbons (Fsp3) is 0.417. The number of amides is 2. The second-order valence-electron chi connectivity index (χ2n) is 7.98. The van der Waals surface area contributed by atoms with Crippen molar-refractivity contribution in [1.29, 1.82) is 0 Å². The van der Waals surface area contributed by atoms with Crippen molar-refractivity contribution in [2.75, 3.05) is 32.1 Å². The van der Waals surface area contributed by atoms with E-state index in [-0.39, 0.29) is 17.9 Å². The predicted molar refractivity (Wildman–Crippen MR) is 117 cm³/mol. The minimum absolute atomic E-state index is 0.0382. The van der Waals surface area contributed by atoms with Crippen LogP contribution in [0.25, 0.3) is 0 Å². The number of hydrogen-bond acceptors (Lipinski definition) is 4. The standard InChI is InChI=1S/C24H29N3O3/c1-30-22-9-3-2-8-19(22)21(27-13-4-5-14-27)16-25-24(29)18-11-12-20-17(15-18)7-6-10-23(28)26-20/h2-3,8-9,11-12,15,21H,4-7,10,13-14,16H2,1H3,(H,25,29)(H,26,28). The van der Waals surface area contributed by atoms with Crippen LogP contribution >= 0.6 is 0 Å². The van der Waals surface area contributed by atoms with Crippen LogP contribution < -0.4 is 15.4 Å². The van der Waals surface area contributed by atoms with Crippen LogP contribution in [0.2, 0.25) is 0 Å². The van der Waals surface area contributed by atoms with Crippen LogP contribution in [0.3, 0.4) is 0 Å². The smallest absolute Gasteiger partial charge is 0.251 e. The summed E-state index contributed by atoms with van der Waals surface area (Å²) in [5.74, 6) is 0.799. The third-order valence-electron chi connectivity index (χ3n) is 6.03. The number of rotatable bonds is 6. The Kier molecular flexibility index (Phi) is 6.33. The van der Waals surface area contributed by atoms with Gasteiger partial charge in [-0.25, -0.2) is 0 Å². The Bertz CT molecular complexity index is 922. The average Bonchev–Trinajstić information content (AvgIpc) is 3.22. The molecule has 2 N–H and O–H groups in total. The maximum absolute atomic E-state index is 12.9. The molecule has 0 radical (unpaired) electrons. The highest BCUT2D eigenvalue weighted by molar-refractivity contribution is 5.97. The number of likely N-dealkylation sites (tertiary alicyclic amines) is 1. The molecule has 1 unspecified atom stereocenters. The topological polar surface area (TPSA) is 70.7 Å². The lowest BCUT2D eigenvalue weighted by molar-refractivity contribution is -0.116. The molecule has 1 fully saturated rings. The molecule has 2 aromatic carbocycles. The van der Waals surface area contributed by atoms with Gasteiger partial charge in [0.2, 0.25) is 5.91 Å². The van der Waals surface area contributed by atoms with Gasteiger partial charge in [-0.3, -0.25) is 14.5 Å². The Morgan fingerprint density at radius 1 is 1.13 bits per heavy atom. The number of methoxy groups -OCH3 is 1. The molecule has 158 valence electrons. The van der Waals surface area contributed by atoms with Crippen molar-refractivity contribution >= 4 is 17.5 Å². The summed E-state index contributed by atoms with van der Waals surface area (Å²) in [6.07, 6.45) is 4.47. The molecule has 1 saturated heterocycles. The van der Waals surface area contributed by atoms with Gasteiger partial charge in [-0.05, 0) is 68.6 Å². The summed E-state index contributed by atoms with van der Waals surface area (Å²) in [4.78, 5) is 27.1. The number of ether oxygens (including phenoxy) is 1. The van der Waals surface area contributed by atoms with E-state index in [4.69, 9.17) is 4.74 Å². The largest absolute Gasteiger partial charge is 0.496 e. The van der Waals surface area contributed by atoms with Crippen LogP contribution in [-0.2, 0) is 11.2 Å². The summed E-state index contributed by atoms with van der Waals surface area (Å²) in [7, 11) is 1.69. The second-order valence-corrected chi connectivity index (χ2v) is 7.98. The lowest BCUT2D eigenvalue weighted by Crippen LogP contribution is -2.37. The Hall–Kier alpha value is -2.86. The van der Waals surface area contributed by atoms with Crippen molar-refractivity contribution in [1.82, 2.24) is 10.2 Å². The number of aryl methyl sites for hydroxylation is 1. The number of nitrogens with zero attached hydrogens (tertiary/aromatic N) is 1. The highest BCUT2D eigenvalue weighted by Gasteiger charge is 2.26. The van der Waals surface area contributed by atoms with E-state index in [2.05, 4.69) is 21.6 Å². The number of hydrogen-bond donors (Lipinski definition) is 2. The first-order valence-corrected chi connectivity index (χ1v) is 10.7. The highest BCUT2D eigenvalue weighted by Crippen LogP contribution is 2.31. The minimum atomic E-state index is -0.0903. The zero-order chi connectivity index (χ0) is 20.9. The van der Waals surface area contributed by atoms with E-state index in [1.165, 1.54) is 12.8 Å². The molecule has 6 heteroatoms. The van der Waals surface area contributed by atoms with Gasteiger partial charge in [0.15, 0.2) is 0 Å². The average molecular weight is 408 g/mol. The third kappa shape index (κ3) is 4.49. The molecule has 2 aromatic rings. The number of carbonyl (C=O) groups is 2. The fourth-order valence-electron chi connectivity index (χ4n) is 4.44. The number of anilines is 1. The van der Waals surface area contributed by atoms with Crippen LogP contribution in [-0.4, -0.2) is 43.5 Å². The number of fused-ring (bicyclic) bond motifs is 1. The van der Waals surface area contributed by atoms with Crippen LogP contribution in [0.4, 0.5) is 5.69 Å². The molecule has 30 heavy (non-hydrogen) atoms. The first kappa shape index (κ1) is 20.4. The molecule has 0 aromatic heterocycles. The van der Waals surface area contributed by atoms with Crippen LogP contribution in [0, 0.1) is 0 Å². The summed E-state index contributed by atoms with van der Waals surface area (Å²) in [5.41, 5.74) is 3.57. The van der Waals surface area contributed by atoms with E-state index in [0.717, 1.165) is 48.5 Å². The fourth-order valence-corrected chi connectivity index (χ4v) is 4.44. The molecule has 0 saturated carbocycles. The van der Waals surface area contributed by atoms with Gasteiger partial charge >= 0.3 is 0 Å². The van der Waals surface area contributed by atoms with Gasteiger partial charge in [0.1, 0.15) is 5.75 Å². The van der Waals surface area contributed by atoms with E-state index >= 15 is 0 Å². The third-order valence-corrected chi connectivity index (χ3v) is 6.03. The van der Waals surface area contributed by atoms with Gasteiger partial charge in [-0.1, -0.05) is 18.2 Å². The van der Waals surface area contributed by atoms with Gasteiger partial charge in [-0.15, -0.1) is 0 Å². The van der Waals surface area contributed by atoms with Crippen LogP contribution in [0.5, 0.6) is 5.75 Å². The molecular formula is C24H29N3O3. The number of carbonyl (C=O) groups excluding carboxylic acids is 2. The van der Waals surface area contributed by atoms with Gasteiger partial charge in [0, 0.05) is 29.8 Å². The maximum Gasteiger partial charge on any atom is 0.251 e. The van der Waals surface area contributed by atoms with E-state index in [1.807, 2.05) is 30.3 Å². The van der Waals surface area contributed by atoms with E-state index in [1.54, 1.807) is 13.2 Å². The second kappa shape index (κ2) is 9.30. The number of para-hydroxylation sites is 1. The quantitative estimate of drug-likeness (QED) is 0.769. The zero-order valence-corrected chi connectivity index (χ0v) is 17.4. The molecule has 0 aliphatic carbocycles. The van der Waals surface area contributed by atoms with E-state index < -0.39 is 0 Å². The lowest BCUT2D eigenvalue weighted by atomic mass is 10.0. The summed E-state index contributed by atoms with van der Waals surface area (Å²) < 4.78 is 5.59. The molecule has 0 bridgehead atoms. The molecule has 2 aliphatic rings. The first-order valence-electron chi connectivity index (χ1n) is 10.7. The normalized spacial score (nSPS) is 17.6. The van der Waals surface area contributed by atoms with Crippen molar-refractivity contribution in [3.05, 3.63) is 59.2 Å². The van der Waals surface area contributed by atoms with Crippen LogP contribution in [0.15, 0.2) is 42.5 Å². The summed E-state index contributed by atoms with van der Waals surface area (Å²) in [6, 6.07) is 13.6. The Morgan fingerprint density at radius 3 is 2.73 bits per heavy atom. The molecular weight excluding hydrogens is 378 g/mol. The monoisotopic (exact) mass is 407 g/mol. The SMILES string of the molecule is COc1ccccc1C(CNC(=O)c1ccc2c(c1)CCCC(=O)N2)N1CCCC1. The Balaban J connectivity index is 1.50. The van der Waals surface area contributed by atoms with E-state index in [0.29, 0.717) is 18.5 Å². The highest BCUT2D eigenvalue weighted by atomic mass is 16.5. The van der Waals surface area contributed by atoms with Gasteiger partial charge in [-0.2, -0.15) is 0 Å². The Morgan fingerprint density at radius 2 is 1.93 bits per heavy atom. The maximum atomic E-state index is 12.9. The van der Waals surface area contributed by atoms with Gasteiger partial charge in [0.05, 0.1) is 13.2 Å². The number of benzene rings is 2.